The fourth-order valence-electron chi connectivity index (χ4n) is 2.95. The van der Waals surface area contributed by atoms with Crippen LogP contribution < -0.4 is 14.8 Å². The van der Waals surface area contributed by atoms with Gasteiger partial charge in [-0.05, 0) is 48.9 Å². The van der Waals surface area contributed by atoms with E-state index in [0.29, 0.717) is 35.8 Å². The van der Waals surface area contributed by atoms with Gasteiger partial charge in [-0.2, -0.15) is 0 Å². The van der Waals surface area contributed by atoms with Crippen molar-refractivity contribution in [3.63, 3.8) is 0 Å². The number of hydrogen-bond acceptors (Lipinski definition) is 7. The molecule has 0 aromatic heterocycles. The van der Waals surface area contributed by atoms with Crippen LogP contribution in [0.5, 0.6) is 11.5 Å². The Balaban J connectivity index is 2.02. The molecule has 0 spiro atoms. The highest BCUT2D eigenvalue weighted by atomic mass is 16.5. The van der Waals surface area contributed by atoms with E-state index in [9.17, 15) is 14.4 Å². The van der Waals surface area contributed by atoms with Gasteiger partial charge in [-0.15, -0.1) is 0 Å². The van der Waals surface area contributed by atoms with E-state index in [1.165, 1.54) is 14.0 Å². The number of ether oxygens (including phenoxy) is 3. The summed E-state index contributed by atoms with van der Waals surface area (Å²) in [6, 6.07) is 12.2. The molecule has 0 saturated carbocycles. The second-order valence-electron chi connectivity index (χ2n) is 6.94. The van der Waals surface area contributed by atoms with Crippen molar-refractivity contribution in [2.45, 2.75) is 19.9 Å². The molecule has 0 atom stereocenters. The van der Waals surface area contributed by atoms with Gasteiger partial charge in [-0.25, -0.2) is 0 Å². The second kappa shape index (κ2) is 11.7. The van der Waals surface area contributed by atoms with Gasteiger partial charge in [0.1, 0.15) is 11.5 Å². The van der Waals surface area contributed by atoms with Crippen molar-refractivity contribution in [1.29, 1.82) is 0 Å². The van der Waals surface area contributed by atoms with Crippen LogP contribution in [0.3, 0.4) is 0 Å². The molecule has 0 aliphatic carbocycles. The minimum atomic E-state index is -0.393. The summed E-state index contributed by atoms with van der Waals surface area (Å²) in [6.45, 7) is 2.27. The van der Waals surface area contributed by atoms with Crippen LogP contribution in [0.15, 0.2) is 42.5 Å². The summed E-state index contributed by atoms with van der Waals surface area (Å²) in [4.78, 5) is 37.4. The number of ketones is 1. The number of methoxy groups -OCH3 is 3. The Morgan fingerprint density at radius 2 is 1.55 bits per heavy atom. The van der Waals surface area contributed by atoms with E-state index >= 15 is 0 Å². The topological polar surface area (TPSA) is 94.2 Å². The third-order valence-electron chi connectivity index (χ3n) is 4.63. The van der Waals surface area contributed by atoms with Gasteiger partial charge in [0.2, 0.25) is 5.91 Å². The van der Waals surface area contributed by atoms with Crippen LogP contribution in [0.2, 0.25) is 0 Å². The Morgan fingerprint density at radius 1 is 0.935 bits per heavy atom. The molecule has 8 nitrogen and oxygen atoms in total. The molecule has 0 radical (unpaired) electrons. The van der Waals surface area contributed by atoms with Gasteiger partial charge >= 0.3 is 5.97 Å². The predicted molar refractivity (Wildman–Crippen MR) is 117 cm³/mol. The van der Waals surface area contributed by atoms with Crippen molar-refractivity contribution in [1.82, 2.24) is 4.90 Å². The van der Waals surface area contributed by atoms with Crippen molar-refractivity contribution in [3.05, 3.63) is 53.6 Å². The maximum atomic E-state index is 12.4. The van der Waals surface area contributed by atoms with Crippen LogP contribution in [0, 0.1) is 0 Å². The van der Waals surface area contributed by atoms with Crippen molar-refractivity contribution in [2.75, 3.05) is 39.7 Å². The standard InChI is InChI=1S/C23H28N2O6/c1-16(26)18-5-7-19(8-6-18)24-22(27)9-10-25(15-23(28)31-4)14-17-11-20(29-2)13-21(12-17)30-3/h5-8,11-13H,9-10,14-15H2,1-4H3,(H,24,27). The first kappa shape index (κ1) is 23.9. The minimum Gasteiger partial charge on any atom is -0.497 e. The summed E-state index contributed by atoms with van der Waals surface area (Å²) in [7, 11) is 4.46. The molecule has 2 aromatic carbocycles. The molecule has 0 heterocycles. The molecule has 0 fully saturated rings. The summed E-state index contributed by atoms with van der Waals surface area (Å²) in [5, 5.41) is 2.80. The summed E-state index contributed by atoms with van der Waals surface area (Å²) < 4.78 is 15.4. The summed E-state index contributed by atoms with van der Waals surface area (Å²) in [5.41, 5.74) is 2.06. The van der Waals surface area contributed by atoms with E-state index in [0.717, 1.165) is 5.56 Å². The van der Waals surface area contributed by atoms with Gasteiger partial charge < -0.3 is 19.5 Å². The number of rotatable bonds is 11. The van der Waals surface area contributed by atoms with Gasteiger partial charge in [-0.1, -0.05) is 0 Å². The molecule has 8 heteroatoms. The van der Waals surface area contributed by atoms with Crippen LogP contribution in [0.4, 0.5) is 5.69 Å². The molecule has 0 unspecified atom stereocenters. The average Bonchev–Trinajstić information content (AvgIpc) is 2.77. The molecular weight excluding hydrogens is 400 g/mol. The highest BCUT2D eigenvalue weighted by molar-refractivity contribution is 5.95. The molecule has 2 rings (SSSR count). The van der Waals surface area contributed by atoms with Crippen molar-refractivity contribution in [3.8, 4) is 11.5 Å². The van der Waals surface area contributed by atoms with E-state index in [-0.39, 0.29) is 24.7 Å². The summed E-state index contributed by atoms with van der Waals surface area (Å²) in [5.74, 6) is 0.646. The first-order chi connectivity index (χ1) is 14.8. The number of benzene rings is 2. The molecule has 0 bridgehead atoms. The lowest BCUT2D eigenvalue weighted by atomic mass is 10.1. The highest BCUT2D eigenvalue weighted by Crippen LogP contribution is 2.23. The van der Waals surface area contributed by atoms with Crippen LogP contribution in [-0.2, 0) is 20.9 Å². The van der Waals surface area contributed by atoms with Gasteiger partial charge in [0.25, 0.3) is 0 Å². The second-order valence-corrected chi connectivity index (χ2v) is 6.94. The van der Waals surface area contributed by atoms with Crippen LogP contribution in [0.25, 0.3) is 0 Å². The zero-order valence-electron chi connectivity index (χ0n) is 18.3. The van der Waals surface area contributed by atoms with Crippen LogP contribution in [0.1, 0.15) is 29.3 Å². The van der Waals surface area contributed by atoms with Crippen molar-refractivity contribution < 1.29 is 28.6 Å². The fraction of sp³-hybridized carbons (Fsp3) is 0.348. The molecule has 1 amide bonds. The average molecular weight is 428 g/mol. The van der Waals surface area contributed by atoms with E-state index in [1.807, 2.05) is 17.0 Å². The predicted octanol–water partition coefficient (Wildman–Crippen LogP) is 2.91. The number of esters is 1. The molecule has 1 N–H and O–H groups in total. The van der Waals surface area contributed by atoms with E-state index < -0.39 is 5.97 Å². The molecule has 0 saturated heterocycles. The Hall–Kier alpha value is -3.39. The number of Topliss-reactive ketones (excluding diaryl/α,β-unsaturated/α-hetero) is 1. The molecule has 166 valence electrons. The molecular formula is C23H28N2O6. The Kier molecular flexibility index (Phi) is 9.02. The number of nitrogens with zero attached hydrogens (tertiary/aromatic N) is 1. The van der Waals surface area contributed by atoms with Crippen LogP contribution in [-0.4, -0.2) is 57.0 Å². The zero-order chi connectivity index (χ0) is 22.8. The lowest BCUT2D eigenvalue weighted by Crippen LogP contribution is -2.33. The SMILES string of the molecule is COC(=O)CN(CCC(=O)Nc1ccc(C(C)=O)cc1)Cc1cc(OC)cc(OC)c1. The summed E-state index contributed by atoms with van der Waals surface area (Å²) >= 11 is 0. The van der Waals surface area contributed by atoms with E-state index in [2.05, 4.69) is 5.32 Å². The Labute approximate surface area is 182 Å². The third-order valence-corrected chi connectivity index (χ3v) is 4.63. The molecule has 31 heavy (non-hydrogen) atoms. The first-order valence-electron chi connectivity index (χ1n) is 9.76. The third kappa shape index (κ3) is 7.75. The number of amides is 1. The lowest BCUT2D eigenvalue weighted by Gasteiger charge is -2.21. The smallest absolute Gasteiger partial charge is 0.319 e. The van der Waals surface area contributed by atoms with Crippen molar-refractivity contribution >= 4 is 23.3 Å². The Bertz CT molecular complexity index is 889. The maximum absolute atomic E-state index is 12.4. The van der Waals surface area contributed by atoms with Gasteiger partial charge in [-0.3, -0.25) is 19.3 Å². The number of hydrogen-bond donors (Lipinski definition) is 1. The number of carbonyl (C=O) groups is 3. The quantitative estimate of drug-likeness (QED) is 0.434. The summed E-state index contributed by atoms with van der Waals surface area (Å²) in [6.07, 6.45) is 0.173. The first-order valence-corrected chi connectivity index (χ1v) is 9.76. The highest BCUT2D eigenvalue weighted by Gasteiger charge is 2.15. The van der Waals surface area contributed by atoms with E-state index in [1.54, 1.807) is 44.6 Å². The molecule has 2 aromatic rings. The molecule has 0 aliphatic rings. The number of nitrogens with one attached hydrogen (secondary N) is 1. The normalized spacial score (nSPS) is 10.5. The van der Waals surface area contributed by atoms with Crippen LogP contribution >= 0.6 is 0 Å². The van der Waals surface area contributed by atoms with E-state index in [4.69, 9.17) is 14.2 Å². The van der Waals surface area contributed by atoms with Gasteiger partial charge in [0, 0.05) is 36.8 Å². The number of anilines is 1. The number of carbonyl (C=O) groups excluding carboxylic acids is 3. The largest absolute Gasteiger partial charge is 0.497 e. The minimum absolute atomic E-state index is 0.0366. The maximum Gasteiger partial charge on any atom is 0.319 e. The molecule has 0 aliphatic heterocycles. The monoisotopic (exact) mass is 428 g/mol. The van der Waals surface area contributed by atoms with Crippen molar-refractivity contribution in [2.24, 2.45) is 0 Å². The van der Waals surface area contributed by atoms with Gasteiger partial charge in [0.15, 0.2) is 5.78 Å². The Morgan fingerprint density at radius 3 is 2.06 bits per heavy atom. The zero-order valence-corrected chi connectivity index (χ0v) is 18.3. The fourth-order valence-corrected chi connectivity index (χ4v) is 2.95. The lowest BCUT2D eigenvalue weighted by molar-refractivity contribution is -0.142. The van der Waals surface area contributed by atoms with Gasteiger partial charge in [0.05, 0.1) is 27.9 Å².